The molecule has 2 unspecified atom stereocenters. The number of methoxy groups -OCH3 is 1. The molecule has 0 aliphatic heterocycles. The van der Waals surface area contributed by atoms with Gasteiger partial charge in [-0.05, 0) is 6.92 Å². The Morgan fingerprint density at radius 2 is 1.88 bits per heavy atom. The van der Waals surface area contributed by atoms with Gasteiger partial charge in [0.25, 0.3) is 5.78 Å². The summed E-state index contributed by atoms with van der Waals surface area (Å²) in [7, 11) is -2.61. The van der Waals surface area contributed by atoms with E-state index in [4.69, 9.17) is 4.89 Å². The van der Waals surface area contributed by atoms with Crippen LogP contribution in [0.3, 0.4) is 0 Å². The van der Waals surface area contributed by atoms with Crippen LogP contribution in [0.1, 0.15) is 6.92 Å². The standard InChI is InChI=1S/C9H15O7P/c1-4-16-9(12)7(10)6(8(11)15-2)5-17(3,13)14/h6H,4-5H2,1-3H3,(H,13,14). The van der Waals surface area contributed by atoms with Crippen LogP contribution in [-0.4, -0.2) is 49.2 Å². The monoisotopic (exact) mass is 266 g/mol. The maximum atomic E-state index is 11.5. The molecule has 0 heterocycles. The third-order valence-electron chi connectivity index (χ3n) is 1.80. The van der Waals surface area contributed by atoms with Crippen molar-refractivity contribution >= 4 is 25.1 Å². The normalized spacial score (nSPS) is 15.5. The lowest BCUT2D eigenvalue weighted by atomic mass is 10.1. The Bertz CT molecular complexity index is 356. The first-order chi connectivity index (χ1) is 7.72. The summed E-state index contributed by atoms with van der Waals surface area (Å²) < 4.78 is 19.9. The molecule has 0 aromatic heterocycles. The maximum absolute atomic E-state index is 11.5. The second kappa shape index (κ2) is 6.51. The van der Waals surface area contributed by atoms with E-state index in [-0.39, 0.29) is 6.61 Å². The summed E-state index contributed by atoms with van der Waals surface area (Å²) in [6.07, 6.45) is -0.642. The molecule has 0 aliphatic carbocycles. The molecular formula is C9H15O7P. The Hall–Kier alpha value is -1.20. The molecule has 98 valence electrons. The van der Waals surface area contributed by atoms with E-state index in [0.29, 0.717) is 0 Å². The lowest BCUT2D eigenvalue weighted by Crippen LogP contribution is -2.34. The zero-order valence-corrected chi connectivity index (χ0v) is 10.7. The van der Waals surface area contributed by atoms with E-state index in [1.807, 2.05) is 0 Å². The first-order valence-electron chi connectivity index (χ1n) is 4.81. The Morgan fingerprint density at radius 3 is 2.24 bits per heavy atom. The van der Waals surface area contributed by atoms with Gasteiger partial charge in [-0.2, -0.15) is 0 Å². The molecule has 0 aromatic carbocycles. The van der Waals surface area contributed by atoms with Gasteiger partial charge in [-0.1, -0.05) is 0 Å². The second-order valence-corrected chi connectivity index (χ2v) is 5.86. The van der Waals surface area contributed by atoms with Crippen molar-refractivity contribution in [2.45, 2.75) is 6.92 Å². The molecule has 0 aromatic rings. The highest BCUT2D eigenvalue weighted by Gasteiger charge is 2.37. The van der Waals surface area contributed by atoms with Crippen molar-refractivity contribution in [3.05, 3.63) is 0 Å². The molecule has 0 saturated heterocycles. The van der Waals surface area contributed by atoms with Gasteiger partial charge in [0, 0.05) is 12.8 Å². The van der Waals surface area contributed by atoms with Crippen molar-refractivity contribution in [1.82, 2.24) is 0 Å². The van der Waals surface area contributed by atoms with E-state index >= 15 is 0 Å². The van der Waals surface area contributed by atoms with Crippen LogP contribution in [0.25, 0.3) is 0 Å². The smallest absolute Gasteiger partial charge is 0.375 e. The van der Waals surface area contributed by atoms with Crippen molar-refractivity contribution in [3.8, 4) is 0 Å². The molecule has 0 aliphatic rings. The molecule has 0 bridgehead atoms. The van der Waals surface area contributed by atoms with E-state index in [2.05, 4.69) is 9.47 Å². The van der Waals surface area contributed by atoms with E-state index in [1.165, 1.54) is 6.92 Å². The third kappa shape index (κ3) is 5.60. The number of carbonyl (C=O) groups is 3. The molecular weight excluding hydrogens is 251 g/mol. The molecule has 0 radical (unpaired) electrons. The minimum absolute atomic E-state index is 0.0264. The van der Waals surface area contributed by atoms with E-state index < -0.39 is 37.2 Å². The Kier molecular flexibility index (Phi) is 6.05. The van der Waals surface area contributed by atoms with Gasteiger partial charge in [0.1, 0.15) is 5.92 Å². The van der Waals surface area contributed by atoms with Crippen molar-refractivity contribution in [2.75, 3.05) is 26.5 Å². The minimum atomic E-state index is -3.63. The fourth-order valence-corrected chi connectivity index (χ4v) is 2.08. The average molecular weight is 266 g/mol. The highest BCUT2D eigenvalue weighted by Crippen LogP contribution is 2.38. The van der Waals surface area contributed by atoms with Crippen LogP contribution in [0.4, 0.5) is 0 Å². The highest BCUT2D eigenvalue weighted by atomic mass is 31.2. The first-order valence-corrected chi connectivity index (χ1v) is 7.10. The Balaban J connectivity index is 4.93. The van der Waals surface area contributed by atoms with Crippen molar-refractivity contribution in [1.29, 1.82) is 0 Å². The van der Waals surface area contributed by atoms with Crippen molar-refractivity contribution in [3.63, 3.8) is 0 Å². The summed E-state index contributed by atoms with van der Waals surface area (Å²) in [6, 6.07) is 0. The van der Waals surface area contributed by atoms with Crippen LogP contribution >= 0.6 is 7.37 Å². The molecule has 0 amide bonds. The molecule has 8 heteroatoms. The maximum Gasteiger partial charge on any atom is 0.375 e. The number of Topliss-reactive ketones (excluding diaryl/α,β-unsaturated/α-hetero) is 1. The first kappa shape index (κ1) is 15.8. The summed E-state index contributed by atoms with van der Waals surface area (Å²) in [5, 5.41) is 0. The van der Waals surface area contributed by atoms with Gasteiger partial charge >= 0.3 is 11.9 Å². The van der Waals surface area contributed by atoms with Crippen LogP contribution in [0.2, 0.25) is 0 Å². The summed E-state index contributed by atoms with van der Waals surface area (Å²) in [5.74, 6) is -5.01. The summed E-state index contributed by atoms with van der Waals surface area (Å²) in [4.78, 5) is 43.0. The number of ether oxygens (including phenoxy) is 2. The lowest BCUT2D eigenvalue weighted by Gasteiger charge is -2.14. The Morgan fingerprint density at radius 1 is 1.35 bits per heavy atom. The number of ketones is 1. The number of hydrogen-bond acceptors (Lipinski definition) is 6. The number of esters is 2. The van der Waals surface area contributed by atoms with E-state index in [1.54, 1.807) is 0 Å². The fourth-order valence-electron chi connectivity index (χ4n) is 1.09. The molecule has 0 spiro atoms. The summed E-state index contributed by atoms with van der Waals surface area (Å²) >= 11 is 0. The molecule has 0 saturated carbocycles. The molecule has 1 N–H and O–H groups in total. The SMILES string of the molecule is CCOC(=O)C(=O)C(CP(C)(=O)O)C(=O)OC. The van der Waals surface area contributed by atoms with Gasteiger partial charge in [-0.15, -0.1) is 0 Å². The highest BCUT2D eigenvalue weighted by molar-refractivity contribution is 7.57. The fraction of sp³-hybridized carbons (Fsp3) is 0.667. The lowest BCUT2D eigenvalue weighted by molar-refractivity contribution is -0.160. The Labute approximate surface area is 98.5 Å². The van der Waals surface area contributed by atoms with Gasteiger partial charge in [0.2, 0.25) is 0 Å². The summed E-state index contributed by atoms with van der Waals surface area (Å²) in [6.45, 7) is 2.46. The number of rotatable bonds is 6. The quantitative estimate of drug-likeness (QED) is 0.307. The van der Waals surface area contributed by atoms with E-state index in [9.17, 15) is 18.9 Å². The predicted octanol–water partition coefficient (Wildman–Crippen LogP) is -0.192. The molecule has 7 nitrogen and oxygen atoms in total. The van der Waals surface area contributed by atoms with Crippen LogP contribution in [0.5, 0.6) is 0 Å². The van der Waals surface area contributed by atoms with Gasteiger partial charge in [-0.25, -0.2) is 4.79 Å². The third-order valence-corrected chi connectivity index (χ3v) is 2.84. The summed E-state index contributed by atoms with van der Waals surface area (Å²) in [5.41, 5.74) is 0. The van der Waals surface area contributed by atoms with Crippen LogP contribution in [0, 0.1) is 5.92 Å². The second-order valence-electron chi connectivity index (χ2n) is 3.39. The van der Waals surface area contributed by atoms with Gasteiger partial charge in [-0.3, -0.25) is 14.2 Å². The number of carbonyl (C=O) groups excluding carboxylic acids is 3. The molecule has 17 heavy (non-hydrogen) atoms. The topological polar surface area (TPSA) is 107 Å². The molecule has 2 atom stereocenters. The van der Waals surface area contributed by atoms with Crippen LogP contribution in [-0.2, 0) is 28.4 Å². The average Bonchev–Trinajstić information content (AvgIpc) is 2.23. The van der Waals surface area contributed by atoms with Crippen LogP contribution in [0.15, 0.2) is 0 Å². The zero-order valence-electron chi connectivity index (χ0n) is 9.84. The largest absolute Gasteiger partial charge is 0.468 e. The van der Waals surface area contributed by atoms with Gasteiger partial charge in [0.15, 0.2) is 7.37 Å². The van der Waals surface area contributed by atoms with Crippen molar-refractivity contribution < 1.29 is 33.3 Å². The molecule has 0 fully saturated rings. The van der Waals surface area contributed by atoms with Crippen molar-refractivity contribution in [2.24, 2.45) is 5.92 Å². The minimum Gasteiger partial charge on any atom is -0.468 e. The zero-order chi connectivity index (χ0) is 13.6. The van der Waals surface area contributed by atoms with Gasteiger partial charge in [0.05, 0.1) is 13.7 Å². The number of hydrogen-bond donors (Lipinski definition) is 1. The van der Waals surface area contributed by atoms with Crippen LogP contribution < -0.4 is 0 Å². The van der Waals surface area contributed by atoms with Gasteiger partial charge < -0.3 is 14.4 Å². The predicted molar refractivity (Wildman–Crippen MR) is 57.8 cm³/mol. The molecule has 0 rings (SSSR count). The van der Waals surface area contributed by atoms with E-state index in [0.717, 1.165) is 13.8 Å².